The summed E-state index contributed by atoms with van der Waals surface area (Å²) in [6.45, 7) is 2.94. The van der Waals surface area contributed by atoms with Crippen molar-refractivity contribution >= 4 is 38.1 Å². The zero-order valence-electron chi connectivity index (χ0n) is 21.1. The Morgan fingerprint density at radius 2 is 1.74 bits per heavy atom. The molecule has 0 spiro atoms. The van der Waals surface area contributed by atoms with E-state index in [2.05, 4.69) is 20.2 Å². The lowest BCUT2D eigenvalue weighted by atomic mass is 10.1. The Labute approximate surface area is 228 Å². The maximum atomic E-state index is 16.0. The van der Waals surface area contributed by atoms with E-state index in [-0.39, 0.29) is 16.8 Å². The number of rotatable bonds is 7. The molecule has 13 heteroatoms. The molecular formula is C26H25F3N6O2S2. The summed E-state index contributed by atoms with van der Waals surface area (Å²) in [7, 11) is -3.12. The van der Waals surface area contributed by atoms with Gasteiger partial charge in [-0.05, 0) is 56.0 Å². The van der Waals surface area contributed by atoms with Gasteiger partial charge < -0.3 is 10.2 Å². The summed E-state index contributed by atoms with van der Waals surface area (Å²) in [5.74, 6) is -3.08. The Morgan fingerprint density at radius 1 is 0.974 bits per heavy atom. The summed E-state index contributed by atoms with van der Waals surface area (Å²) in [6.07, 6.45) is 4.72. The largest absolute Gasteiger partial charge is 0.357 e. The molecule has 0 unspecified atom stereocenters. The molecule has 8 nitrogen and oxygen atoms in total. The maximum absolute atomic E-state index is 16.0. The summed E-state index contributed by atoms with van der Waals surface area (Å²) in [4.78, 5) is 14.9. The highest BCUT2D eigenvalue weighted by molar-refractivity contribution is 7.92. The van der Waals surface area contributed by atoms with Gasteiger partial charge in [0.2, 0.25) is 5.95 Å². The lowest BCUT2D eigenvalue weighted by Gasteiger charge is -2.25. The quantitative estimate of drug-likeness (QED) is 0.287. The number of sulfonamides is 1. The van der Waals surface area contributed by atoms with Crippen molar-refractivity contribution < 1.29 is 21.6 Å². The first-order chi connectivity index (χ1) is 18.7. The second-order valence-corrected chi connectivity index (χ2v) is 11.6. The van der Waals surface area contributed by atoms with E-state index >= 15 is 4.39 Å². The molecular weight excluding hydrogens is 549 g/mol. The third kappa shape index (κ3) is 5.28. The normalized spacial score (nSPS) is 13.9. The fourth-order valence-corrected chi connectivity index (χ4v) is 6.73. The number of nitrogens with one attached hydrogen (secondary N) is 2. The van der Waals surface area contributed by atoms with Crippen LogP contribution in [0.15, 0.2) is 47.5 Å². The Bertz CT molecular complexity index is 1640. The minimum absolute atomic E-state index is 0.0134. The van der Waals surface area contributed by atoms with E-state index < -0.39 is 38.1 Å². The number of thiazole rings is 1. The highest BCUT2D eigenvalue weighted by atomic mass is 32.2. The van der Waals surface area contributed by atoms with Gasteiger partial charge in [-0.2, -0.15) is 0 Å². The van der Waals surface area contributed by atoms with Crippen LogP contribution < -0.4 is 14.9 Å². The molecule has 1 saturated heterocycles. The van der Waals surface area contributed by atoms with Crippen molar-refractivity contribution in [3.63, 3.8) is 0 Å². The molecule has 0 aliphatic carbocycles. The van der Waals surface area contributed by atoms with Crippen LogP contribution in [0.3, 0.4) is 0 Å². The number of piperidine rings is 1. The van der Waals surface area contributed by atoms with Gasteiger partial charge in [0.15, 0.2) is 15.8 Å². The van der Waals surface area contributed by atoms with Crippen molar-refractivity contribution in [3.05, 3.63) is 65.6 Å². The van der Waals surface area contributed by atoms with Gasteiger partial charge in [-0.1, -0.05) is 23.5 Å². The average Bonchev–Trinajstić information content (AvgIpc) is 3.38. The Hall–Kier alpha value is -3.71. The molecule has 2 N–H and O–H groups in total. The third-order valence-corrected chi connectivity index (χ3v) is 8.90. The number of halogens is 3. The molecule has 1 aliphatic rings. The van der Waals surface area contributed by atoms with E-state index in [4.69, 9.17) is 4.98 Å². The SMILES string of the molecule is CNc1nccc(-c2sc(N3CCCCC3)nc2-c2cccc(NS(=O)(=O)c3c(F)ccc(C)c3F)c2F)n1. The summed E-state index contributed by atoms with van der Waals surface area (Å²) in [5.41, 5.74) is 0.269. The van der Waals surface area contributed by atoms with E-state index in [9.17, 15) is 17.2 Å². The number of aryl methyl sites for hydroxylation is 1. The molecule has 2 aromatic heterocycles. The second-order valence-electron chi connectivity index (χ2n) is 9.02. The first kappa shape index (κ1) is 26.9. The number of hydrogen-bond acceptors (Lipinski definition) is 8. The Morgan fingerprint density at radius 3 is 2.49 bits per heavy atom. The molecule has 1 fully saturated rings. The zero-order chi connectivity index (χ0) is 27.7. The highest BCUT2D eigenvalue weighted by Crippen LogP contribution is 2.42. The lowest BCUT2D eigenvalue weighted by Crippen LogP contribution is -2.29. The predicted molar refractivity (Wildman–Crippen MR) is 146 cm³/mol. The minimum Gasteiger partial charge on any atom is -0.357 e. The van der Waals surface area contributed by atoms with Gasteiger partial charge in [0.25, 0.3) is 10.0 Å². The lowest BCUT2D eigenvalue weighted by molar-refractivity contribution is 0.516. The van der Waals surface area contributed by atoms with Gasteiger partial charge in [0.05, 0.1) is 22.0 Å². The number of benzene rings is 2. The molecule has 0 bridgehead atoms. The smallest absolute Gasteiger partial charge is 0.267 e. The fourth-order valence-electron chi connectivity index (χ4n) is 4.36. The predicted octanol–water partition coefficient (Wildman–Crippen LogP) is 5.83. The first-order valence-corrected chi connectivity index (χ1v) is 14.5. The van der Waals surface area contributed by atoms with Crippen LogP contribution in [0, 0.1) is 24.4 Å². The molecule has 3 heterocycles. The number of anilines is 3. The minimum atomic E-state index is -4.80. The standard InChI is InChI=1S/C26H25F3N6O2S2/c1-15-9-10-17(27)24(20(15)28)39(36,37)34-18-8-6-7-16(21(18)29)22-23(19-11-12-31-25(30-2)32-19)38-26(33-22)35-13-4-3-5-14-35/h6-12,34H,3-5,13-14H2,1-2H3,(H,30,31,32). The van der Waals surface area contributed by atoms with Crippen LogP contribution in [-0.4, -0.2) is 43.5 Å². The van der Waals surface area contributed by atoms with E-state index in [1.165, 1.54) is 36.5 Å². The van der Waals surface area contributed by atoms with Crippen LogP contribution in [0.5, 0.6) is 0 Å². The number of nitrogens with zero attached hydrogens (tertiary/aromatic N) is 4. The van der Waals surface area contributed by atoms with Gasteiger partial charge in [0, 0.05) is 31.9 Å². The van der Waals surface area contributed by atoms with E-state index in [1.54, 1.807) is 19.3 Å². The van der Waals surface area contributed by atoms with Gasteiger partial charge in [-0.3, -0.25) is 4.72 Å². The molecule has 39 heavy (non-hydrogen) atoms. The van der Waals surface area contributed by atoms with Crippen LogP contribution >= 0.6 is 11.3 Å². The van der Waals surface area contributed by atoms with Crippen molar-refractivity contribution in [3.8, 4) is 21.8 Å². The molecule has 5 rings (SSSR count). The van der Waals surface area contributed by atoms with E-state index in [0.717, 1.165) is 44.5 Å². The van der Waals surface area contributed by atoms with E-state index in [0.29, 0.717) is 21.7 Å². The average molecular weight is 575 g/mol. The highest BCUT2D eigenvalue weighted by Gasteiger charge is 2.28. The Kier molecular flexibility index (Phi) is 7.45. The summed E-state index contributed by atoms with van der Waals surface area (Å²) >= 11 is 1.36. The molecule has 0 radical (unpaired) electrons. The van der Waals surface area contributed by atoms with Crippen LogP contribution in [0.4, 0.5) is 29.9 Å². The molecule has 2 aromatic carbocycles. The van der Waals surface area contributed by atoms with Crippen LogP contribution in [0.1, 0.15) is 24.8 Å². The van der Waals surface area contributed by atoms with Gasteiger partial charge >= 0.3 is 0 Å². The second kappa shape index (κ2) is 10.8. The summed E-state index contributed by atoms with van der Waals surface area (Å²) < 4.78 is 72.9. The molecule has 204 valence electrons. The van der Waals surface area contributed by atoms with Gasteiger partial charge in [-0.15, -0.1) is 0 Å². The van der Waals surface area contributed by atoms with E-state index in [1.807, 2.05) is 4.72 Å². The van der Waals surface area contributed by atoms with Crippen LogP contribution in [0.25, 0.3) is 21.8 Å². The molecule has 0 saturated carbocycles. The van der Waals surface area contributed by atoms with Crippen molar-refractivity contribution in [2.24, 2.45) is 0 Å². The van der Waals surface area contributed by atoms with Gasteiger partial charge in [-0.25, -0.2) is 36.5 Å². The molecule has 1 aliphatic heterocycles. The Balaban J connectivity index is 1.61. The van der Waals surface area contributed by atoms with Crippen molar-refractivity contribution in [1.29, 1.82) is 0 Å². The first-order valence-electron chi connectivity index (χ1n) is 12.2. The van der Waals surface area contributed by atoms with Crippen molar-refractivity contribution in [2.45, 2.75) is 31.1 Å². The number of hydrogen-bond donors (Lipinski definition) is 2. The van der Waals surface area contributed by atoms with Crippen LogP contribution in [-0.2, 0) is 10.0 Å². The topological polar surface area (TPSA) is 100 Å². The van der Waals surface area contributed by atoms with Crippen molar-refractivity contribution in [1.82, 2.24) is 15.0 Å². The molecule has 4 aromatic rings. The number of aromatic nitrogens is 3. The maximum Gasteiger partial charge on any atom is 0.267 e. The summed E-state index contributed by atoms with van der Waals surface area (Å²) in [5, 5.41) is 3.57. The fraction of sp³-hybridized carbons (Fsp3) is 0.269. The van der Waals surface area contributed by atoms with Crippen LogP contribution in [0.2, 0.25) is 0 Å². The molecule has 0 amide bonds. The zero-order valence-corrected chi connectivity index (χ0v) is 22.8. The third-order valence-electron chi connectivity index (χ3n) is 6.36. The molecule has 0 atom stereocenters. The van der Waals surface area contributed by atoms with Gasteiger partial charge in [0.1, 0.15) is 11.6 Å². The summed E-state index contributed by atoms with van der Waals surface area (Å²) in [6, 6.07) is 7.77. The van der Waals surface area contributed by atoms with Crippen molar-refractivity contribution in [2.75, 3.05) is 35.1 Å². The monoisotopic (exact) mass is 574 g/mol.